The summed E-state index contributed by atoms with van der Waals surface area (Å²) in [5, 5.41) is 2.40. The van der Waals surface area contributed by atoms with Crippen LogP contribution in [0, 0.1) is 12.7 Å². The molecule has 1 fully saturated rings. The highest BCUT2D eigenvalue weighted by Crippen LogP contribution is 2.15. The molecule has 2 rings (SSSR count). The second kappa shape index (κ2) is 7.20. The molecular formula is C16H18FN3O4. The number of rotatable bonds is 6. The van der Waals surface area contributed by atoms with Crippen LogP contribution in [0.25, 0.3) is 0 Å². The third-order valence-electron chi connectivity index (χ3n) is 3.63. The Balaban J connectivity index is 2.02. The average Bonchev–Trinajstić information content (AvgIpc) is 2.73. The number of halogens is 1. The molecule has 0 bridgehead atoms. The van der Waals surface area contributed by atoms with Gasteiger partial charge in [-0.1, -0.05) is 19.4 Å². The van der Waals surface area contributed by atoms with Crippen LogP contribution in [0.5, 0.6) is 0 Å². The first-order valence-electron chi connectivity index (χ1n) is 7.58. The van der Waals surface area contributed by atoms with E-state index in [1.54, 1.807) is 6.92 Å². The molecule has 1 aliphatic heterocycles. The Hall–Kier alpha value is -2.77. The van der Waals surface area contributed by atoms with Crippen molar-refractivity contribution in [2.24, 2.45) is 0 Å². The molecule has 0 spiro atoms. The Kier molecular flexibility index (Phi) is 5.28. The summed E-state index contributed by atoms with van der Waals surface area (Å²) in [5.74, 6) is -3.13. The minimum atomic E-state index is -1.03. The smallest absolute Gasteiger partial charge is 0.324 e. The minimum absolute atomic E-state index is 0.140. The van der Waals surface area contributed by atoms with E-state index in [1.165, 1.54) is 12.1 Å². The quantitative estimate of drug-likeness (QED) is 0.633. The van der Waals surface area contributed by atoms with Gasteiger partial charge in [0.2, 0.25) is 5.91 Å². The van der Waals surface area contributed by atoms with E-state index in [2.05, 4.69) is 5.32 Å². The van der Waals surface area contributed by atoms with Crippen molar-refractivity contribution < 1.29 is 23.6 Å². The predicted molar refractivity (Wildman–Crippen MR) is 83.5 cm³/mol. The van der Waals surface area contributed by atoms with Crippen molar-refractivity contribution in [3.8, 4) is 0 Å². The van der Waals surface area contributed by atoms with Crippen molar-refractivity contribution in [1.82, 2.24) is 9.80 Å². The van der Waals surface area contributed by atoms with Gasteiger partial charge in [-0.2, -0.15) is 0 Å². The van der Waals surface area contributed by atoms with Gasteiger partial charge >= 0.3 is 17.8 Å². The summed E-state index contributed by atoms with van der Waals surface area (Å²) < 4.78 is 13.5. The highest BCUT2D eigenvalue weighted by molar-refractivity contribution is 6.45. The van der Waals surface area contributed by atoms with E-state index < -0.39 is 36.1 Å². The number of benzene rings is 1. The second-order valence-electron chi connectivity index (χ2n) is 5.50. The Bertz CT molecular complexity index is 705. The summed E-state index contributed by atoms with van der Waals surface area (Å²) >= 11 is 0. The van der Waals surface area contributed by atoms with Crippen molar-refractivity contribution in [3.63, 3.8) is 0 Å². The molecule has 0 saturated carbocycles. The van der Waals surface area contributed by atoms with Gasteiger partial charge < -0.3 is 5.32 Å². The van der Waals surface area contributed by atoms with Crippen LogP contribution in [0.4, 0.5) is 14.9 Å². The summed E-state index contributed by atoms with van der Waals surface area (Å²) in [6.45, 7) is 3.01. The van der Waals surface area contributed by atoms with Crippen LogP contribution in [0.1, 0.15) is 25.3 Å². The first-order chi connectivity index (χ1) is 11.3. The molecule has 1 aromatic rings. The maximum Gasteiger partial charge on any atom is 0.334 e. The SMILES string of the molecule is CCCCN1C(=O)C(=O)N(CC(=O)Nc2ccc(C)c(F)c2)C1=O. The van der Waals surface area contributed by atoms with Crippen LogP contribution < -0.4 is 5.32 Å². The maximum absolute atomic E-state index is 13.5. The Morgan fingerprint density at radius 1 is 1.17 bits per heavy atom. The van der Waals surface area contributed by atoms with E-state index in [4.69, 9.17) is 0 Å². The standard InChI is InChI=1S/C16H18FN3O4/c1-3-4-7-19-14(22)15(23)20(16(19)24)9-13(21)18-11-6-5-10(2)12(17)8-11/h5-6,8H,3-4,7,9H2,1-2H3,(H,18,21). The lowest BCUT2D eigenvalue weighted by atomic mass is 10.2. The molecule has 0 aliphatic carbocycles. The van der Waals surface area contributed by atoms with E-state index in [-0.39, 0.29) is 12.2 Å². The molecule has 24 heavy (non-hydrogen) atoms. The van der Waals surface area contributed by atoms with Crippen LogP contribution in [0.15, 0.2) is 18.2 Å². The van der Waals surface area contributed by atoms with Crippen molar-refractivity contribution in [3.05, 3.63) is 29.6 Å². The lowest BCUT2D eigenvalue weighted by Gasteiger charge is -2.15. The van der Waals surface area contributed by atoms with Crippen LogP contribution in [0.3, 0.4) is 0 Å². The molecule has 8 heteroatoms. The van der Waals surface area contributed by atoms with Crippen molar-refractivity contribution in [2.45, 2.75) is 26.7 Å². The lowest BCUT2D eigenvalue weighted by molar-refractivity contribution is -0.143. The van der Waals surface area contributed by atoms with Crippen molar-refractivity contribution in [2.75, 3.05) is 18.4 Å². The molecule has 1 heterocycles. The van der Waals surface area contributed by atoms with Gasteiger partial charge in [-0.3, -0.25) is 19.3 Å². The van der Waals surface area contributed by atoms with Gasteiger partial charge in [0, 0.05) is 12.2 Å². The number of aryl methyl sites for hydroxylation is 1. The highest BCUT2D eigenvalue weighted by atomic mass is 19.1. The van der Waals surface area contributed by atoms with Crippen molar-refractivity contribution in [1.29, 1.82) is 0 Å². The van der Waals surface area contributed by atoms with Gasteiger partial charge in [-0.15, -0.1) is 0 Å². The molecule has 1 saturated heterocycles. The number of anilines is 1. The average molecular weight is 335 g/mol. The zero-order valence-electron chi connectivity index (χ0n) is 13.5. The largest absolute Gasteiger partial charge is 0.334 e. The number of urea groups is 1. The van der Waals surface area contributed by atoms with E-state index in [9.17, 15) is 23.6 Å². The number of nitrogens with one attached hydrogen (secondary N) is 1. The third-order valence-corrected chi connectivity index (χ3v) is 3.63. The van der Waals surface area contributed by atoms with Crippen LogP contribution in [-0.4, -0.2) is 46.6 Å². The second-order valence-corrected chi connectivity index (χ2v) is 5.50. The van der Waals surface area contributed by atoms with E-state index >= 15 is 0 Å². The Morgan fingerprint density at radius 2 is 1.83 bits per heavy atom. The summed E-state index contributed by atoms with van der Waals surface area (Å²) in [6, 6.07) is 3.33. The molecule has 0 unspecified atom stereocenters. The Morgan fingerprint density at radius 3 is 2.46 bits per heavy atom. The van der Waals surface area contributed by atoms with Gasteiger partial charge in [-0.05, 0) is 31.0 Å². The van der Waals surface area contributed by atoms with Crippen LogP contribution in [-0.2, 0) is 14.4 Å². The molecule has 128 valence electrons. The fraction of sp³-hybridized carbons (Fsp3) is 0.375. The molecule has 1 aromatic carbocycles. The van der Waals surface area contributed by atoms with E-state index in [1.807, 2.05) is 6.92 Å². The van der Waals surface area contributed by atoms with Gasteiger partial charge in [0.1, 0.15) is 12.4 Å². The first-order valence-corrected chi connectivity index (χ1v) is 7.58. The lowest BCUT2D eigenvalue weighted by Crippen LogP contribution is -2.39. The summed E-state index contributed by atoms with van der Waals surface area (Å²) in [5.41, 5.74) is 0.631. The predicted octanol–water partition coefficient (Wildman–Crippen LogP) is 1.66. The number of carbonyl (C=O) groups excluding carboxylic acids is 4. The molecule has 0 aromatic heterocycles. The topological polar surface area (TPSA) is 86.8 Å². The zero-order valence-corrected chi connectivity index (χ0v) is 13.5. The first kappa shape index (κ1) is 17.6. The molecular weight excluding hydrogens is 317 g/mol. The van der Waals surface area contributed by atoms with Gasteiger partial charge in [0.05, 0.1) is 0 Å². The van der Waals surface area contributed by atoms with Crippen molar-refractivity contribution >= 4 is 29.4 Å². The summed E-state index contributed by atoms with van der Waals surface area (Å²) in [7, 11) is 0. The van der Waals surface area contributed by atoms with Gasteiger partial charge in [0.15, 0.2) is 0 Å². The fourth-order valence-corrected chi connectivity index (χ4v) is 2.22. The third kappa shape index (κ3) is 3.58. The number of unbranched alkanes of at least 4 members (excludes halogenated alkanes) is 1. The number of hydrogen-bond donors (Lipinski definition) is 1. The number of hydrogen-bond acceptors (Lipinski definition) is 4. The highest BCUT2D eigenvalue weighted by Gasteiger charge is 2.44. The van der Waals surface area contributed by atoms with Gasteiger partial charge in [0.25, 0.3) is 0 Å². The summed E-state index contributed by atoms with van der Waals surface area (Å²) in [4.78, 5) is 49.1. The normalized spacial score (nSPS) is 14.5. The molecule has 1 N–H and O–H groups in total. The molecule has 0 radical (unpaired) electrons. The number of amides is 5. The zero-order chi connectivity index (χ0) is 17.9. The number of carbonyl (C=O) groups is 4. The fourth-order valence-electron chi connectivity index (χ4n) is 2.22. The van der Waals surface area contributed by atoms with E-state index in [0.717, 1.165) is 17.4 Å². The minimum Gasteiger partial charge on any atom is -0.324 e. The number of nitrogens with zero attached hydrogens (tertiary/aromatic N) is 2. The molecule has 5 amide bonds. The van der Waals surface area contributed by atoms with Crippen LogP contribution >= 0.6 is 0 Å². The summed E-state index contributed by atoms with van der Waals surface area (Å²) in [6.07, 6.45) is 1.33. The molecule has 1 aliphatic rings. The molecule has 7 nitrogen and oxygen atoms in total. The Labute approximate surface area is 138 Å². The van der Waals surface area contributed by atoms with E-state index in [0.29, 0.717) is 16.9 Å². The monoisotopic (exact) mass is 335 g/mol. The number of imide groups is 2. The maximum atomic E-state index is 13.5. The molecule has 0 atom stereocenters. The van der Waals surface area contributed by atoms with Crippen LogP contribution in [0.2, 0.25) is 0 Å². The van der Waals surface area contributed by atoms with Gasteiger partial charge in [-0.25, -0.2) is 14.1 Å².